The summed E-state index contributed by atoms with van der Waals surface area (Å²) >= 11 is 0. The lowest BCUT2D eigenvalue weighted by Gasteiger charge is -2.23. The Morgan fingerprint density at radius 1 is 1.36 bits per heavy atom. The molecule has 1 aromatic carbocycles. The van der Waals surface area contributed by atoms with Gasteiger partial charge in [-0.25, -0.2) is 4.79 Å². The van der Waals surface area contributed by atoms with Crippen molar-refractivity contribution in [3.63, 3.8) is 0 Å². The molecule has 0 aromatic heterocycles. The summed E-state index contributed by atoms with van der Waals surface area (Å²) in [5.41, 5.74) is 2.27. The Labute approximate surface area is 130 Å². The van der Waals surface area contributed by atoms with Gasteiger partial charge in [0.05, 0.1) is 6.61 Å². The average Bonchev–Trinajstić information content (AvgIpc) is 2.49. The second kappa shape index (κ2) is 7.22. The van der Waals surface area contributed by atoms with Gasteiger partial charge in [-0.15, -0.1) is 0 Å². The molecule has 1 aliphatic rings. The fourth-order valence-electron chi connectivity index (χ4n) is 2.47. The number of rotatable bonds is 5. The number of amides is 1. The quantitative estimate of drug-likeness (QED) is 0.817. The lowest BCUT2D eigenvalue weighted by atomic mass is 9.97. The molecule has 1 aliphatic heterocycles. The molecule has 0 saturated carbocycles. The number of hydrogen-bond acceptors (Lipinski definition) is 3. The number of fused-ring (bicyclic) bond motifs is 1. The van der Waals surface area contributed by atoms with Crippen LogP contribution in [0.4, 0.5) is 0 Å². The first-order valence-corrected chi connectivity index (χ1v) is 7.40. The summed E-state index contributed by atoms with van der Waals surface area (Å²) in [7, 11) is 0. The van der Waals surface area contributed by atoms with Crippen LogP contribution in [-0.2, 0) is 20.7 Å². The van der Waals surface area contributed by atoms with Crippen LogP contribution in [0, 0.1) is 5.92 Å². The van der Waals surface area contributed by atoms with Gasteiger partial charge in [0.15, 0.2) is 0 Å². The number of hydrogen-bond donors (Lipinski definition) is 2. The van der Waals surface area contributed by atoms with Crippen LogP contribution in [0.5, 0.6) is 0 Å². The zero-order valence-corrected chi connectivity index (χ0v) is 12.8. The molecule has 0 spiro atoms. The molecule has 0 saturated heterocycles. The van der Waals surface area contributed by atoms with E-state index < -0.39 is 17.9 Å². The zero-order chi connectivity index (χ0) is 16.1. The van der Waals surface area contributed by atoms with Crippen molar-refractivity contribution in [2.45, 2.75) is 32.4 Å². The topological polar surface area (TPSA) is 75.6 Å². The standard InChI is InChI=1S/C17H21NO4/c1-11(2)16(17(20)21)18-15(19)8-7-14-13-6-4-3-5-12(13)9-10-22-14/h3-8,11,14,16H,9-10H2,1-2H3,(H,18,19)(H,20,21)/b8-7+/t14-,16-/m0/s1. The molecule has 2 atom stereocenters. The van der Waals surface area contributed by atoms with Crippen LogP contribution in [0.3, 0.4) is 0 Å². The van der Waals surface area contributed by atoms with Crippen molar-refractivity contribution >= 4 is 11.9 Å². The van der Waals surface area contributed by atoms with E-state index in [9.17, 15) is 9.59 Å². The molecule has 0 fully saturated rings. The van der Waals surface area contributed by atoms with E-state index in [1.54, 1.807) is 19.9 Å². The number of aliphatic carboxylic acids is 1. The smallest absolute Gasteiger partial charge is 0.326 e. The lowest BCUT2D eigenvalue weighted by molar-refractivity contribution is -0.142. The molecular weight excluding hydrogens is 282 g/mol. The highest BCUT2D eigenvalue weighted by molar-refractivity contribution is 5.91. The van der Waals surface area contributed by atoms with Gasteiger partial charge in [-0.1, -0.05) is 38.1 Å². The first-order chi connectivity index (χ1) is 10.5. The largest absolute Gasteiger partial charge is 0.480 e. The van der Waals surface area contributed by atoms with Crippen LogP contribution in [0.15, 0.2) is 36.4 Å². The maximum Gasteiger partial charge on any atom is 0.326 e. The van der Waals surface area contributed by atoms with E-state index in [0.717, 1.165) is 12.0 Å². The van der Waals surface area contributed by atoms with E-state index in [0.29, 0.717) is 6.61 Å². The number of benzene rings is 1. The summed E-state index contributed by atoms with van der Waals surface area (Å²) in [5, 5.41) is 11.6. The zero-order valence-electron chi connectivity index (χ0n) is 12.8. The third kappa shape index (κ3) is 3.95. The molecule has 22 heavy (non-hydrogen) atoms. The summed E-state index contributed by atoms with van der Waals surface area (Å²) in [5.74, 6) is -1.63. The molecule has 0 radical (unpaired) electrons. The van der Waals surface area contributed by atoms with Gasteiger partial charge in [0.25, 0.3) is 0 Å². The molecule has 1 heterocycles. The molecule has 1 aromatic rings. The fraction of sp³-hybridized carbons (Fsp3) is 0.412. The number of carbonyl (C=O) groups excluding carboxylic acids is 1. The molecule has 0 bridgehead atoms. The van der Waals surface area contributed by atoms with Crippen LogP contribution in [-0.4, -0.2) is 29.6 Å². The molecule has 5 nitrogen and oxygen atoms in total. The number of carbonyl (C=O) groups is 2. The van der Waals surface area contributed by atoms with E-state index in [1.165, 1.54) is 11.6 Å². The predicted octanol–water partition coefficient (Wildman–Crippen LogP) is 2.08. The Morgan fingerprint density at radius 2 is 2.09 bits per heavy atom. The van der Waals surface area contributed by atoms with Crippen molar-refractivity contribution in [3.05, 3.63) is 47.5 Å². The highest BCUT2D eigenvalue weighted by atomic mass is 16.5. The van der Waals surface area contributed by atoms with E-state index in [4.69, 9.17) is 9.84 Å². The number of carboxylic acids is 1. The van der Waals surface area contributed by atoms with E-state index >= 15 is 0 Å². The fourth-order valence-corrected chi connectivity index (χ4v) is 2.47. The molecular formula is C17H21NO4. The summed E-state index contributed by atoms with van der Waals surface area (Å²) in [6, 6.07) is 7.07. The minimum absolute atomic E-state index is 0.179. The maximum atomic E-state index is 11.9. The Morgan fingerprint density at radius 3 is 2.77 bits per heavy atom. The predicted molar refractivity (Wildman–Crippen MR) is 82.4 cm³/mol. The van der Waals surface area contributed by atoms with Crippen molar-refractivity contribution in [2.24, 2.45) is 5.92 Å². The van der Waals surface area contributed by atoms with Gasteiger partial charge in [-0.05, 0) is 29.5 Å². The van der Waals surface area contributed by atoms with Crippen molar-refractivity contribution in [2.75, 3.05) is 6.61 Å². The van der Waals surface area contributed by atoms with E-state index in [1.807, 2.05) is 18.2 Å². The summed E-state index contributed by atoms with van der Waals surface area (Å²) < 4.78 is 5.67. The van der Waals surface area contributed by atoms with Gasteiger partial charge in [-0.3, -0.25) is 4.79 Å². The highest BCUT2D eigenvalue weighted by Gasteiger charge is 2.23. The van der Waals surface area contributed by atoms with Crippen molar-refractivity contribution in [3.8, 4) is 0 Å². The van der Waals surface area contributed by atoms with Gasteiger partial charge in [0, 0.05) is 6.08 Å². The molecule has 1 amide bonds. The van der Waals surface area contributed by atoms with E-state index in [2.05, 4.69) is 11.4 Å². The van der Waals surface area contributed by atoms with Gasteiger partial charge >= 0.3 is 5.97 Å². The Kier molecular flexibility index (Phi) is 5.33. The van der Waals surface area contributed by atoms with Crippen LogP contribution >= 0.6 is 0 Å². The number of nitrogens with one attached hydrogen (secondary N) is 1. The van der Waals surface area contributed by atoms with Crippen molar-refractivity contribution < 1.29 is 19.4 Å². The molecule has 0 aliphatic carbocycles. The minimum Gasteiger partial charge on any atom is -0.480 e. The monoisotopic (exact) mass is 303 g/mol. The minimum atomic E-state index is -1.03. The molecule has 0 unspecified atom stereocenters. The first kappa shape index (κ1) is 16.2. The summed E-state index contributed by atoms with van der Waals surface area (Å²) in [6.45, 7) is 4.12. The molecule has 5 heteroatoms. The van der Waals surface area contributed by atoms with Crippen LogP contribution < -0.4 is 5.32 Å². The molecule has 118 valence electrons. The van der Waals surface area contributed by atoms with E-state index in [-0.39, 0.29) is 12.0 Å². The van der Waals surface area contributed by atoms with Crippen molar-refractivity contribution in [1.82, 2.24) is 5.32 Å². The Bertz CT molecular complexity index is 580. The Hall–Kier alpha value is -2.14. The van der Waals surface area contributed by atoms with Crippen LogP contribution in [0.1, 0.15) is 31.1 Å². The summed E-state index contributed by atoms with van der Waals surface area (Å²) in [6.07, 6.45) is 3.62. The number of carboxylic acid groups (broad SMARTS) is 1. The van der Waals surface area contributed by atoms with Gasteiger partial charge in [0.1, 0.15) is 12.1 Å². The maximum absolute atomic E-state index is 11.9. The Balaban J connectivity index is 2.03. The summed E-state index contributed by atoms with van der Waals surface area (Å²) in [4.78, 5) is 23.0. The second-order valence-corrected chi connectivity index (χ2v) is 5.67. The van der Waals surface area contributed by atoms with Gasteiger partial charge in [-0.2, -0.15) is 0 Å². The number of ether oxygens (including phenoxy) is 1. The highest BCUT2D eigenvalue weighted by Crippen LogP contribution is 2.27. The van der Waals surface area contributed by atoms with Crippen LogP contribution in [0.2, 0.25) is 0 Å². The SMILES string of the molecule is CC(C)[C@H](NC(=O)/C=C/[C@@H]1OCCc2ccccc21)C(=O)O. The lowest BCUT2D eigenvalue weighted by Crippen LogP contribution is -2.43. The average molecular weight is 303 g/mol. The van der Waals surface area contributed by atoms with Crippen molar-refractivity contribution in [1.29, 1.82) is 0 Å². The second-order valence-electron chi connectivity index (χ2n) is 5.67. The third-order valence-corrected chi connectivity index (χ3v) is 3.68. The molecule has 2 N–H and O–H groups in total. The van der Waals surface area contributed by atoms with Crippen LogP contribution in [0.25, 0.3) is 0 Å². The van der Waals surface area contributed by atoms with Gasteiger partial charge < -0.3 is 15.2 Å². The molecule has 2 rings (SSSR count). The first-order valence-electron chi connectivity index (χ1n) is 7.40. The third-order valence-electron chi connectivity index (χ3n) is 3.68. The normalized spacial score (nSPS) is 19.0. The van der Waals surface area contributed by atoms with Gasteiger partial charge in [0.2, 0.25) is 5.91 Å².